The minimum atomic E-state index is 0.523. The summed E-state index contributed by atoms with van der Waals surface area (Å²) in [6.45, 7) is 3.67. The normalized spacial score (nSPS) is 29.0. The number of piperidine rings is 3. The Bertz CT molecular complexity index is 646. The molecule has 4 heterocycles. The number of halogens is 1. The molecule has 0 saturated carbocycles. The largest absolute Gasteiger partial charge is 0.496 e. The van der Waals surface area contributed by atoms with E-state index in [2.05, 4.69) is 36.7 Å². The molecule has 3 aliphatic heterocycles. The standard InChI is InChI=1S/C15H18BrN3O/c1-20-14-3-2-12-11(15(14)16)8-17-19(12)13-9-18-6-4-10(13)5-7-18/h2-3,8,10,13H,4-7,9H2,1H3/t13-/m0/s1. The van der Waals surface area contributed by atoms with Gasteiger partial charge in [-0.1, -0.05) is 0 Å². The van der Waals surface area contributed by atoms with Crippen LogP contribution in [0.1, 0.15) is 18.9 Å². The van der Waals surface area contributed by atoms with E-state index in [0.717, 1.165) is 28.1 Å². The average Bonchev–Trinajstić information content (AvgIpc) is 2.93. The third-order valence-corrected chi connectivity index (χ3v) is 5.65. The molecule has 1 aromatic carbocycles. The van der Waals surface area contributed by atoms with Crippen molar-refractivity contribution in [2.75, 3.05) is 26.7 Å². The topological polar surface area (TPSA) is 30.3 Å². The van der Waals surface area contributed by atoms with Gasteiger partial charge in [0.25, 0.3) is 0 Å². The first kappa shape index (κ1) is 12.7. The van der Waals surface area contributed by atoms with Crippen LogP contribution in [0.15, 0.2) is 22.8 Å². The van der Waals surface area contributed by atoms with Crippen LogP contribution in [0.3, 0.4) is 0 Å². The first-order valence-corrected chi connectivity index (χ1v) is 7.99. The molecule has 0 radical (unpaired) electrons. The highest BCUT2D eigenvalue weighted by atomic mass is 79.9. The Balaban J connectivity index is 1.79. The van der Waals surface area contributed by atoms with Crippen molar-refractivity contribution in [1.82, 2.24) is 14.7 Å². The molecular formula is C15H18BrN3O. The Morgan fingerprint density at radius 2 is 2.10 bits per heavy atom. The van der Waals surface area contributed by atoms with Crippen molar-refractivity contribution in [2.24, 2.45) is 5.92 Å². The van der Waals surface area contributed by atoms with Gasteiger partial charge >= 0.3 is 0 Å². The van der Waals surface area contributed by atoms with Crippen LogP contribution < -0.4 is 4.74 Å². The molecule has 106 valence electrons. The Morgan fingerprint density at radius 1 is 1.30 bits per heavy atom. The number of benzene rings is 1. The molecule has 2 bridgehead atoms. The van der Waals surface area contributed by atoms with E-state index in [0.29, 0.717) is 6.04 Å². The molecular weight excluding hydrogens is 318 g/mol. The van der Waals surface area contributed by atoms with Gasteiger partial charge in [0.05, 0.1) is 29.3 Å². The summed E-state index contributed by atoms with van der Waals surface area (Å²) < 4.78 is 8.60. The summed E-state index contributed by atoms with van der Waals surface area (Å²) in [6, 6.07) is 4.67. The predicted molar refractivity (Wildman–Crippen MR) is 82.2 cm³/mol. The van der Waals surface area contributed by atoms with Crippen molar-refractivity contribution in [3.8, 4) is 5.75 Å². The highest BCUT2D eigenvalue weighted by molar-refractivity contribution is 9.10. The van der Waals surface area contributed by atoms with Crippen molar-refractivity contribution < 1.29 is 4.74 Å². The van der Waals surface area contributed by atoms with Gasteiger partial charge in [-0.2, -0.15) is 5.10 Å². The summed E-state index contributed by atoms with van der Waals surface area (Å²) in [4.78, 5) is 2.57. The van der Waals surface area contributed by atoms with Crippen LogP contribution in [0.2, 0.25) is 0 Å². The van der Waals surface area contributed by atoms with E-state index in [1.54, 1.807) is 7.11 Å². The number of fused-ring (bicyclic) bond motifs is 4. The molecule has 3 aliphatic rings. The summed E-state index contributed by atoms with van der Waals surface area (Å²) in [5.74, 6) is 1.65. The molecule has 5 rings (SSSR count). The van der Waals surface area contributed by atoms with Crippen LogP contribution in [0.25, 0.3) is 10.9 Å². The predicted octanol–water partition coefficient (Wildman–Crippen LogP) is 3.07. The Kier molecular flexibility index (Phi) is 3.00. The van der Waals surface area contributed by atoms with Crippen LogP contribution in [0, 0.1) is 5.92 Å². The number of hydrogen-bond acceptors (Lipinski definition) is 3. The summed E-state index contributed by atoms with van der Waals surface area (Å²) >= 11 is 3.63. The molecule has 5 heteroatoms. The van der Waals surface area contributed by atoms with Crippen LogP contribution in [-0.2, 0) is 0 Å². The zero-order valence-corrected chi connectivity index (χ0v) is 13.1. The highest BCUT2D eigenvalue weighted by Crippen LogP contribution is 2.39. The molecule has 20 heavy (non-hydrogen) atoms. The number of hydrogen-bond donors (Lipinski definition) is 0. The van der Waals surface area contributed by atoms with Crippen molar-refractivity contribution >= 4 is 26.8 Å². The lowest BCUT2D eigenvalue weighted by Gasteiger charge is -2.44. The van der Waals surface area contributed by atoms with E-state index in [9.17, 15) is 0 Å². The zero-order valence-electron chi connectivity index (χ0n) is 11.6. The summed E-state index contributed by atoms with van der Waals surface area (Å²) in [5.41, 5.74) is 1.21. The quantitative estimate of drug-likeness (QED) is 0.844. The maximum atomic E-state index is 5.37. The van der Waals surface area contributed by atoms with Gasteiger partial charge in [0.2, 0.25) is 0 Å². The second-order valence-electron chi connectivity index (χ2n) is 5.81. The van der Waals surface area contributed by atoms with Crippen LogP contribution in [-0.4, -0.2) is 41.4 Å². The summed E-state index contributed by atoms with van der Waals surface area (Å²) in [5, 5.41) is 5.82. The molecule has 0 aliphatic carbocycles. The van der Waals surface area contributed by atoms with Crippen LogP contribution >= 0.6 is 15.9 Å². The number of rotatable bonds is 2. The van der Waals surface area contributed by atoms with E-state index in [-0.39, 0.29) is 0 Å². The molecule has 3 saturated heterocycles. The average molecular weight is 336 g/mol. The van der Waals surface area contributed by atoms with Gasteiger partial charge in [-0.15, -0.1) is 0 Å². The third-order valence-electron chi connectivity index (χ3n) is 4.84. The van der Waals surface area contributed by atoms with Gasteiger partial charge in [-0.3, -0.25) is 4.68 Å². The van der Waals surface area contributed by atoms with Crippen LogP contribution in [0.4, 0.5) is 0 Å². The monoisotopic (exact) mass is 335 g/mol. The van der Waals surface area contributed by atoms with Gasteiger partial charge in [0, 0.05) is 11.9 Å². The number of aromatic nitrogens is 2. The van der Waals surface area contributed by atoms with Crippen molar-refractivity contribution in [3.63, 3.8) is 0 Å². The molecule has 2 aromatic rings. The fourth-order valence-corrected chi connectivity index (χ4v) is 4.30. The lowest BCUT2D eigenvalue weighted by atomic mass is 9.84. The van der Waals surface area contributed by atoms with Crippen molar-refractivity contribution in [3.05, 3.63) is 22.8 Å². The maximum absolute atomic E-state index is 5.37. The third kappa shape index (κ3) is 1.79. The maximum Gasteiger partial charge on any atom is 0.133 e. The SMILES string of the molecule is COc1ccc2c(cnn2[C@H]2CN3CCC2CC3)c1Br. The minimum absolute atomic E-state index is 0.523. The van der Waals surface area contributed by atoms with E-state index in [1.165, 1.54) is 31.4 Å². The van der Waals surface area contributed by atoms with E-state index in [1.807, 2.05) is 12.3 Å². The van der Waals surface area contributed by atoms with Gasteiger partial charge in [0.1, 0.15) is 5.75 Å². The number of nitrogens with zero attached hydrogens (tertiary/aromatic N) is 3. The van der Waals surface area contributed by atoms with Gasteiger partial charge in [-0.25, -0.2) is 0 Å². The molecule has 0 unspecified atom stereocenters. The number of methoxy groups -OCH3 is 1. The van der Waals surface area contributed by atoms with Gasteiger partial charge in [-0.05, 0) is 59.9 Å². The fourth-order valence-electron chi connectivity index (χ4n) is 3.70. The molecule has 0 N–H and O–H groups in total. The van der Waals surface area contributed by atoms with Gasteiger partial charge < -0.3 is 9.64 Å². The fraction of sp³-hybridized carbons (Fsp3) is 0.533. The summed E-state index contributed by atoms with van der Waals surface area (Å²) in [6.07, 6.45) is 4.58. The molecule has 3 fully saturated rings. The smallest absolute Gasteiger partial charge is 0.133 e. The first-order valence-electron chi connectivity index (χ1n) is 7.20. The van der Waals surface area contributed by atoms with E-state index >= 15 is 0 Å². The minimum Gasteiger partial charge on any atom is -0.496 e. The Labute approximate surface area is 126 Å². The Hall–Kier alpha value is -1.07. The highest BCUT2D eigenvalue weighted by Gasteiger charge is 2.36. The van der Waals surface area contributed by atoms with Crippen molar-refractivity contribution in [1.29, 1.82) is 0 Å². The second kappa shape index (κ2) is 4.74. The summed E-state index contributed by atoms with van der Waals surface area (Å²) in [7, 11) is 1.70. The van der Waals surface area contributed by atoms with E-state index < -0.39 is 0 Å². The van der Waals surface area contributed by atoms with Crippen molar-refractivity contribution in [2.45, 2.75) is 18.9 Å². The van der Waals surface area contributed by atoms with E-state index in [4.69, 9.17) is 4.74 Å². The lowest BCUT2D eigenvalue weighted by Crippen LogP contribution is -2.48. The second-order valence-corrected chi connectivity index (χ2v) is 6.60. The molecule has 0 amide bonds. The number of ether oxygens (including phenoxy) is 1. The molecule has 1 atom stereocenters. The Morgan fingerprint density at radius 3 is 2.75 bits per heavy atom. The molecule has 1 aromatic heterocycles. The first-order chi connectivity index (χ1) is 9.78. The van der Waals surface area contributed by atoms with Crippen LogP contribution in [0.5, 0.6) is 5.75 Å². The zero-order chi connectivity index (χ0) is 13.7. The molecule has 0 spiro atoms. The lowest BCUT2D eigenvalue weighted by molar-refractivity contribution is 0.0534. The van der Waals surface area contributed by atoms with Gasteiger partial charge in [0.15, 0.2) is 0 Å². The molecule has 4 nitrogen and oxygen atoms in total.